The number of rotatable bonds is 5. The second kappa shape index (κ2) is 8.48. The molecular weight excluding hydrogens is 406 g/mol. The van der Waals surface area contributed by atoms with Crippen LogP contribution in [-0.2, 0) is 4.79 Å². The zero-order valence-electron chi connectivity index (χ0n) is 16.5. The number of hydrogen-bond acceptors (Lipinski definition) is 9. The lowest BCUT2D eigenvalue weighted by Crippen LogP contribution is -2.44. The SMILES string of the molecule is CC(O)c1cc(NC(=O)CN)cc(-c2nn3c(N4CCNCC4)cc(=O)nc3s2)c1. The van der Waals surface area contributed by atoms with E-state index in [1.807, 2.05) is 6.07 Å². The highest BCUT2D eigenvalue weighted by molar-refractivity contribution is 7.19. The predicted octanol–water partition coefficient (Wildman–Crippen LogP) is 0.178. The Kier molecular flexibility index (Phi) is 5.77. The smallest absolute Gasteiger partial charge is 0.276 e. The van der Waals surface area contributed by atoms with Crippen LogP contribution in [0.15, 0.2) is 29.1 Å². The lowest BCUT2D eigenvalue weighted by molar-refractivity contribution is -0.114. The van der Waals surface area contributed by atoms with Crippen molar-refractivity contribution in [1.29, 1.82) is 0 Å². The molecule has 1 saturated heterocycles. The van der Waals surface area contributed by atoms with Crippen molar-refractivity contribution in [3.8, 4) is 10.6 Å². The molecular formula is C19H23N7O3S. The molecule has 0 bridgehead atoms. The molecule has 2 aromatic heterocycles. The van der Waals surface area contributed by atoms with Gasteiger partial charge >= 0.3 is 0 Å². The maximum atomic E-state index is 12.2. The maximum Gasteiger partial charge on any atom is 0.276 e. The molecule has 5 N–H and O–H groups in total. The van der Waals surface area contributed by atoms with E-state index < -0.39 is 6.10 Å². The van der Waals surface area contributed by atoms with Crippen LogP contribution in [0.4, 0.5) is 11.5 Å². The van der Waals surface area contributed by atoms with Gasteiger partial charge in [0, 0.05) is 43.5 Å². The summed E-state index contributed by atoms with van der Waals surface area (Å²) in [5, 5.41) is 21.4. The van der Waals surface area contributed by atoms with Crippen molar-refractivity contribution in [1.82, 2.24) is 19.9 Å². The number of anilines is 2. The summed E-state index contributed by atoms with van der Waals surface area (Å²) >= 11 is 1.28. The minimum atomic E-state index is -0.733. The maximum absolute atomic E-state index is 12.2. The van der Waals surface area contributed by atoms with Gasteiger partial charge in [0.15, 0.2) is 0 Å². The van der Waals surface area contributed by atoms with E-state index in [1.54, 1.807) is 23.6 Å². The molecule has 11 heteroatoms. The van der Waals surface area contributed by atoms with Gasteiger partial charge in [-0.15, -0.1) is 0 Å². The fraction of sp³-hybridized carbons (Fsp3) is 0.368. The second-order valence-electron chi connectivity index (χ2n) is 7.06. The molecule has 1 atom stereocenters. The number of nitrogens with one attached hydrogen (secondary N) is 2. The Morgan fingerprint density at radius 2 is 2.10 bits per heavy atom. The Labute approximate surface area is 176 Å². The number of amides is 1. The number of aliphatic hydroxyl groups is 1. The summed E-state index contributed by atoms with van der Waals surface area (Å²) in [4.78, 5) is 30.6. The summed E-state index contributed by atoms with van der Waals surface area (Å²) in [6, 6.07) is 6.77. The molecule has 1 amide bonds. The van der Waals surface area contributed by atoms with E-state index in [2.05, 4.69) is 20.5 Å². The summed E-state index contributed by atoms with van der Waals surface area (Å²) in [6.45, 7) is 4.70. The number of piperazine rings is 1. The molecule has 30 heavy (non-hydrogen) atoms. The van der Waals surface area contributed by atoms with Crippen LogP contribution in [0.25, 0.3) is 15.5 Å². The van der Waals surface area contributed by atoms with Crippen LogP contribution < -0.4 is 26.8 Å². The monoisotopic (exact) mass is 429 g/mol. The van der Waals surface area contributed by atoms with E-state index in [0.29, 0.717) is 32.6 Å². The van der Waals surface area contributed by atoms with Crippen LogP contribution >= 0.6 is 11.3 Å². The number of fused-ring (bicyclic) bond motifs is 1. The first kappa shape index (κ1) is 20.4. The molecule has 1 aromatic carbocycles. The number of nitrogens with zero attached hydrogens (tertiary/aromatic N) is 4. The van der Waals surface area contributed by atoms with E-state index in [4.69, 9.17) is 10.8 Å². The molecule has 1 unspecified atom stereocenters. The van der Waals surface area contributed by atoms with Crippen LogP contribution in [0, 0.1) is 0 Å². The normalized spacial score (nSPS) is 15.4. The Morgan fingerprint density at radius 1 is 1.33 bits per heavy atom. The highest BCUT2D eigenvalue weighted by Crippen LogP contribution is 2.31. The second-order valence-corrected chi connectivity index (χ2v) is 8.02. The molecule has 3 heterocycles. The molecule has 0 spiro atoms. The minimum absolute atomic E-state index is 0.143. The van der Waals surface area contributed by atoms with Crippen LogP contribution in [0.2, 0.25) is 0 Å². The molecule has 0 saturated carbocycles. The predicted molar refractivity (Wildman–Crippen MR) is 116 cm³/mol. The van der Waals surface area contributed by atoms with Crippen molar-refractivity contribution in [3.63, 3.8) is 0 Å². The molecule has 158 valence electrons. The average molecular weight is 430 g/mol. The topological polar surface area (TPSA) is 138 Å². The van der Waals surface area contributed by atoms with Crippen molar-refractivity contribution in [2.75, 3.05) is 42.9 Å². The molecule has 1 aliphatic heterocycles. The van der Waals surface area contributed by atoms with Crippen LogP contribution in [0.5, 0.6) is 0 Å². The van der Waals surface area contributed by atoms with E-state index in [-0.39, 0.29) is 18.0 Å². The minimum Gasteiger partial charge on any atom is -0.389 e. The number of benzene rings is 1. The van der Waals surface area contributed by atoms with E-state index in [1.165, 1.54) is 17.4 Å². The number of carbonyl (C=O) groups is 1. The summed E-state index contributed by atoms with van der Waals surface area (Å²) < 4.78 is 1.68. The van der Waals surface area contributed by atoms with Crippen molar-refractivity contribution in [2.24, 2.45) is 5.73 Å². The quantitative estimate of drug-likeness (QED) is 0.451. The standard InChI is InChI=1S/C19H23N7O3S/c1-11(27)12-6-13(8-14(7-12)22-16(29)10-20)18-24-26-17(25-4-2-21-3-5-25)9-15(28)23-19(26)30-18/h6-9,11,21,27H,2-5,10,20H2,1H3,(H,22,29). The number of hydrogen-bond donors (Lipinski definition) is 4. The molecule has 0 aliphatic carbocycles. The van der Waals surface area contributed by atoms with Gasteiger partial charge < -0.3 is 26.4 Å². The van der Waals surface area contributed by atoms with Crippen LogP contribution in [0.1, 0.15) is 18.6 Å². The Morgan fingerprint density at radius 3 is 2.80 bits per heavy atom. The number of nitrogens with two attached hydrogens (primary N) is 1. The van der Waals surface area contributed by atoms with E-state index in [9.17, 15) is 14.7 Å². The summed E-state index contributed by atoms with van der Waals surface area (Å²) in [5.74, 6) is 0.373. The third-order valence-corrected chi connectivity index (χ3v) is 5.79. The molecule has 3 aromatic rings. The number of aromatic nitrogens is 3. The first-order valence-electron chi connectivity index (χ1n) is 9.64. The molecule has 1 fully saturated rings. The van der Waals surface area contributed by atoms with Gasteiger partial charge in [0.25, 0.3) is 5.56 Å². The fourth-order valence-corrected chi connectivity index (χ4v) is 4.23. The molecule has 10 nitrogen and oxygen atoms in total. The molecule has 1 aliphatic rings. The van der Waals surface area contributed by atoms with Gasteiger partial charge in [-0.05, 0) is 30.7 Å². The Bertz CT molecular complexity index is 1130. The van der Waals surface area contributed by atoms with Crippen molar-refractivity contribution < 1.29 is 9.90 Å². The molecule has 4 rings (SSSR count). The summed E-state index contributed by atoms with van der Waals surface area (Å²) in [7, 11) is 0. The lowest BCUT2D eigenvalue weighted by atomic mass is 10.1. The van der Waals surface area contributed by atoms with Crippen LogP contribution in [0.3, 0.4) is 0 Å². The largest absolute Gasteiger partial charge is 0.389 e. The Hall–Kier alpha value is -2.86. The third-order valence-electron chi connectivity index (χ3n) is 4.83. The number of carbonyl (C=O) groups excluding carboxylic acids is 1. The van der Waals surface area contributed by atoms with Crippen molar-refractivity contribution in [3.05, 3.63) is 40.2 Å². The van der Waals surface area contributed by atoms with Gasteiger partial charge in [-0.1, -0.05) is 11.3 Å². The third kappa shape index (κ3) is 4.19. The van der Waals surface area contributed by atoms with E-state index >= 15 is 0 Å². The molecule has 0 radical (unpaired) electrons. The van der Waals surface area contributed by atoms with Gasteiger partial charge in [0.2, 0.25) is 10.9 Å². The fourth-order valence-electron chi connectivity index (χ4n) is 3.34. The average Bonchev–Trinajstić information content (AvgIpc) is 3.17. The highest BCUT2D eigenvalue weighted by Gasteiger charge is 2.19. The lowest BCUT2D eigenvalue weighted by Gasteiger charge is -2.28. The van der Waals surface area contributed by atoms with Crippen molar-refractivity contribution in [2.45, 2.75) is 13.0 Å². The van der Waals surface area contributed by atoms with Gasteiger partial charge in [0.05, 0.1) is 12.6 Å². The summed E-state index contributed by atoms with van der Waals surface area (Å²) in [5.41, 5.74) is 6.93. The van der Waals surface area contributed by atoms with Crippen molar-refractivity contribution >= 4 is 33.7 Å². The van der Waals surface area contributed by atoms with Gasteiger partial charge in [-0.2, -0.15) is 14.6 Å². The zero-order chi connectivity index (χ0) is 21.3. The van der Waals surface area contributed by atoms with Gasteiger partial charge in [0.1, 0.15) is 10.8 Å². The first-order valence-corrected chi connectivity index (χ1v) is 10.5. The zero-order valence-corrected chi connectivity index (χ0v) is 17.3. The Balaban J connectivity index is 1.81. The van der Waals surface area contributed by atoms with Gasteiger partial charge in [-0.25, -0.2) is 0 Å². The van der Waals surface area contributed by atoms with Gasteiger partial charge in [-0.3, -0.25) is 9.59 Å². The number of aliphatic hydroxyl groups excluding tert-OH is 1. The highest BCUT2D eigenvalue weighted by atomic mass is 32.1. The summed E-state index contributed by atoms with van der Waals surface area (Å²) in [6.07, 6.45) is -0.733. The van der Waals surface area contributed by atoms with Crippen LogP contribution in [-0.4, -0.2) is 58.3 Å². The first-order chi connectivity index (χ1) is 14.4. The van der Waals surface area contributed by atoms with E-state index in [0.717, 1.165) is 26.2 Å².